The van der Waals surface area contributed by atoms with Crippen LogP contribution in [0.3, 0.4) is 0 Å². The average molecular weight is 466 g/mol. The van der Waals surface area contributed by atoms with Crippen LogP contribution in [0.15, 0.2) is 36.4 Å². The van der Waals surface area contributed by atoms with E-state index in [1.165, 1.54) is 36.4 Å². The fraction of sp³-hybridized carbons (Fsp3) is 0. The van der Waals surface area contributed by atoms with Gasteiger partial charge in [-0.1, -0.05) is 30.3 Å². The molecule has 0 N–H and O–H groups in total. The topological polar surface area (TPSA) is 143 Å². The molecule has 0 atom stereocenters. The van der Waals surface area contributed by atoms with E-state index in [0.29, 0.717) is 11.1 Å². The van der Waals surface area contributed by atoms with Crippen molar-refractivity contribution >= 4 is 29.2 Å². The zero-order chi connectivity index (χ0) is 25.3. The van der Waals surface area contributed by atoms with Crippen LogP contribution in [0.4, 0.5) is 11.6 Å². The molecule has 0 spiro atoms. The number of fused-ring (bicyclic) bond motifs is 6. The van der Waals surface area contributed by atoms with Crippen LogP contribution in [0.25, 0.3) is 32.5 Å². The van der Waals surface area contributed by atoms with Crippen molar-refractivity contribution in [2.75, 3.05) is 0 Å². The number of aromatic nitrogens is 4. The Morgan fingerprint density at radius 2 is 1.44 bits per heavy atom. The highest BCUT2D eigenvalue weighted by Gasteiger charge is 2.39. The van der Waals surface area contributed by atoms with Crippen LogP contribution in [0.5, 0.6) is 0 Å². The summed E-state index contributed by atoms with van der Waals surface area (Å²) in [5, 5.41) is 18.6. The number of nitriles is 2. The number of carbonyl (C=O) groups is 3. The number of rotatable bonds is 2. The van der Waals surface area contributed by atoms with E-state index in [1.54, 1.807) is 6.07 Å². The van der Waals surface area contributed by atoms with E-state index in [0.717, 1.165) is 9.13 Å². The van der Waals surface area contributed by atoms with Crippen LogP contribution in [-0.4, -0.2) is 36.7 Å². The van der Waals surface area contributed by atoms with Crippen molar-refractivity contribution in [2.45, 2.75) is 0 Å². The van der Waals surface area contributed by atoms with Gasteiger partial charge in [-0.2, -0.15) is 15.1 Å². The zero-order valence-electron chi connectivity index (χ0n) is 17.8. The lowest BCUT2D eigenvalue weighted by Gasteiger charge is -2.05. The third-order valence-electron chi connectivity index (χ3n) is 6.05. The maximum absolute atomic E-state index is 13.3. The number of carbonyl (C=O) groups excluding carboxylic acids is 3. The number of benzene rings is 2. The monoisotopic (exact) mass is 466 g/mol. The van der Waals surface area contributed by atoms with Gasteiger partial charge in [0.2, 0.25) is 0 Å². The predicted molar refractivity (Wildman–Crippen MR) is 120 cm³/mol. The number of imidazole rings is 2. The van der Waals surface area contributed by atoms with Crippen molar-refractivity contribution in [1.29, 1.82) is 10.5 Å². The summed E-state index contributed by atoms with van der Waals surface area (Å²) < 4.78 is 2.12. The van der Waals surface area contributed by atoms with E-state index in [1.807, 2.05) is 6.07 Å². The first-order valence-corrected chi connectivity index (χ1v) is 10.2. The highest BCUT2D eigenvalue weighted by molar-refractivity contribution is 6.16. The summed E-state index contributed by atoms with van der Waals surface area (Å²) in [6.07, 6.45) is 0. The van der Waals surface area contributed by atoms with E-state index in [9.17, 15) is 24.9 Å². The second-order valence-electron chi connectivity index (χ2n) is 7.79. The predicted octanol–water partition coefficient (Wildman–Crippen LogP) is 3.49. The largest absolute Gasteiger partial charge is 0.372 e. The Bertz CT molecular complexity index is 1950. The van der Waals surface area contributed by atoms with Gasteiger partial charge in [-0.3, -0.25) is 9.59 Å². The van der Waals surface area contributed by atoms with Gasteiger partial charge in [0.1, 0.15) is 12.1 Å². The molecule has 0 amide bonds. The van der Waals surface area contributed by atoms with Gasteiger partial charge in [0.05, 0.1) is 16.7 Å². The lowest BCUT2D eigenvalue weighted by Crippen LogP contribution is -2.09. The van der Waals surface area contributed by atoms with Gasteiger partial charge in [0, 0.05) is 16.7 Å². The van der Waals surface area contributed by atoms with Gasteiger partial charge in [-0.15, -0.1) is 0 Å². The quantitative estimate of drug-likeness (QED) is 0.281. The molecule has 0 saturated carbocycles. The van der Waals surface area contributed by atoms with Crippen molar-refractivity contribution in [2.24, 2.45) is 0 Å². The van der Waals surface area contributed by atoms with E-state index in [4.69, 9.17) is 13.1 Å². The van der Waals surface area contributed by atoms with Crippen molar-refractivity contribution in [3.63, 3.8) is 0 Å². The van der Waals surface area contributed by atoms with E-state index < -0.39 is 17.6 Å². The molecule has 2 aromatic heterocycles. The minimum atomic E-state index is -0.558. The Morgan fingerprint density at radius 3 is 2.08 bits per heavy atom. The van der Waals surface area contributed by atoms with E-state index >= 15 is 0 Å². The van der Waals surface area contributed by atoms with Crippen LogP contribution in [0, 0.1) is 35.8 Å². The number of ketones is 1. The number of hydrogen-bond acceptors (Lipinski definition) is 7. The maximum atomic E-state index is 13.3. The first-order valence-electron chi connectivity index (χ1n) is 10.2. The van der Waals surface area contributed by atoms with Gasteiger partial charge >= 0.3 is 11.7 Å². The summed E-state index contributed by atoms with van der Waals surface area (Å²) in [5.41, 5.74) is 1.18. The van der Waals surface area contributed by atoms with Crippen molar-refractivity contribution in [1.82, 2.24) is 19.1 Å². The first kappa shape index (κ1) is 20.4. The van der Waals surface area contributed by atoms with Crippen LogP contribution in [0.1, 0.15) is 48.0 Å². The first-order chi connectivity index (χ1) is 17.4. The molecule has 0 aliphatic carbocycles. The lowest BCUT2D eigenvalue weighted by molar-refractivity contribution is 0.0960. The molecule has 2 aliphatic heterocycles. The molecule has 4 heterocycles. The van der Waals surface area contributed by atoms with Crippen molar-refractivity contribution < 1.29 is 14.4 Å². The number of hydrogen-bond donors (Lipinski definition) is 0. The second kappa shape index (κ2) is 6.91. The third kappa shape index (κ3) is 2.38. The third-order valence-corrected chi connectivity index (χ3v) is 6.05. The van der Waals surface area contributed by atoms with Gasteiger partial charge in [0.25, 0.3) is 17.5 Å². The highest BCUT2D eigenvalue weighted by Crippen LogP contribution is 2.41. The smallest absolute Gasteiger partial charge is 0.333 e. The molecule has 0 fully saturated rings. The molecule has 0 radical (unpaired) electrons. The molecule has 4 aromatic rings. The van der Waals surface area contributed by atoms with Gasteiger partial charge in [-0.25, -0.2) is 14.3 Å². The molecule has 0 unspecified atom stereocenters. The zero-order valence-corrected chi connectivity index (χ0v) is 17.8. The van der Waals surface area contributed by atoms with Gasteiger partial charge in [0.15, 0.2) is 23.0 Å². The summed E-state index contributed by atoms with van der Waals surface area (Å²) >= 11 is 0. The standard InChI is InChI=1S/C25H6N8O3/c1-28-20-23(29-2)33-21(31-20)13-5-3-12(8-16(13)25(33)36)19(34)11-4-6-14-15(7-11)22-30-17(9-26)18(10-27)32(22)24(14)35/h3-8H. The molecular weight excluding hydrogens is 460 g/mol. The Labute approximate surface area is 201 Å². The summed E-state index contributed by atoms with van der Waals surface area (Å²) in [7, 11) is 0. The second-order valence-corrected chi connectivity index (χ2v) is 7.79. The highest BCUT2D eigenvalue weighted by atomic mass is 16.2. The minimum absolute atomic E-state index is 0.106. The van der Waals surface area contributed by atoms with E-state index in [-0.39, 0.29) is 56.9 Å². The summed E-state index contributed by atoms with van der Waals surface area (Å²) in [5.74, 6) is -1.58. The molecule has 6 rings (SSSR count). The molecule has 11 heteroatoms. The van der Waals surface area contributed by atoms with Crippen LogP contribution in [-0.2, 0) is 0 Å². The Kier molecular flexibility index (Phi) is 3.93. The molecule has 2 aromatic carbocycles. The van der Waals surface area contributed by atoms with Crippen LogP contribution in [0.2, 0.25) is 0 Å². The minimum Gasteiger partial charge on any atom is -0.372 e. The lowest BCUT2D eigenvalue weighted by atomic mass is 9.96. The molecule has 11 nitrogen and oxygen atoms in total. The fourth-order valence-corrected chi connectivity index (χ4v) is 4.45. The van der Waals surface area contributed by atoms with Crippen LogP contribution < -0.4 is 0 Å². The van der Waals surface area contributed by atoms with Gasteiger partial charge in [-0.05, 0) is 24.3 Å². The summed E-state index contributed by atoms with van der Waals surface area (Å²) in [6.45, 7) is 14.5. The van der Waals surface area contributed by atoms with E-state index in [2.05, 4.69) is 19.7 Å². The molecule has 36 heavy (non-hydrogen) atoms. The molecular formula is C25H6N8O3. The molecule has 2 aliphatic rings. The van der Waals surface area contributed by atoms with Crippen LogP contribution >= 0.6 is 0 Å². The normalized spacial score (nSPS) is 12.0. The van der Waals surface area contributed by atoms with Crippen molar-refractivity contribution in [3.05, 3.63) is 92.9 Å². The Balaban J connectivity index is 1.43. The Morgan fingerprint density at radius 1 is 0.806 bits per heavy atom. The number of nitrogens with zero attached hydrogens (tertiary/aromatic N) is 8. The summed E-state index contributed by atoms with van der Waals surface area (Å²) in [6, 6.07) is 12.4. The van der Waals surface area contributed by atoms with Gasteiger partial charge < -0.3 is 9.69 Å². The molecule has 0 bridgehead atoms. The molecule has 164 valence electrons. The fourth-order valence-electron chi connectivity index (χ4n) is 4.45. The average Bonchev–Trinajstić information content (AvgIpc) is 3.61. The maximum Gasteiger partial charge on any atom is 0.333 e. The Hall–Kier alpha value is -6.17. The molecule has 0 saturated heterocycles. The van der Waals surface area contributed by atoms with Crippen molar-refractivity contribution in [3.8, 4) is 34.9 Å². The SMILES string of the molecule is [C-]#[N+]c1nc2n(c1[N+]#[C-])C(=O)c1cc(C(=O)c3ccc4c(c3)-c3nc(C#N)c(C#N)n3C4=O)ccc1-2. The summed E-state index contributed by atoms with van der Waals surface area (Å²) in [4.78, 5) is 53.8.